The molecule has 1 aromatic heterocycles. The second-order valence-corrected chi connectivity index (χ2v) is 5.27. The molecule has 0 spiro atoms. The SMILES string of the molecule is CCc1nccc(CN(C)CC[C@@H](O)c2ccccc2)n1. The third-order valence-electron chi connectivity index (χ3n) is 3.48. The van der Waals surface area contributed by atoms with Crippen LogP contribution in [0.3, 0.4) is 0 Å². The average Bonchev–Trinajstić information content (AvgIpc) is 2.53. The summed E-state index contributed by atoms with van der Waals surface area (Å²) < 4.78 is 0. The van der Waals surface area contributed by atoms with Crippen molar-refractivity contribution in [3.63, 3.8) is 0 Å². The zero-order chi connectivity index (χ0) is 15.1. The highest BCUT2D eigenvalue weighted by molar-refractivity contribution is 5.17. The smallest absolute Gasteiger partial charge is 0.128 e. The highest BCUT2D eigenvalue weighted by atomic mass is 16.3. The number of benzene rings is 1. The quantitative estimate of drug-likeness (QED) is 0.849. The summed E-state index contributed by atoms with van der Waals surface area (Å²) in [4.78, 5) is 10.9. The van der Waals surface area contributed by atoms with Crippen molar-refractivity contribution in [1.29, 1.82) is 0 Å². The molecule has 4 nitrogen and oxygen atoms in total. The molecule has 0 saturated heterocycles. The lowest BCUT2D eigenvalue weighted by Gasteiger charge is -2.18. The molecule has 21 heavy (non-hydrogen) atoms. The molecule has 1 heterocycles. The third kappa shape index (κ3) is 4.92. The molecule has 0 fully saturated rings. The third-order valence-corrected chi connectivity index (χ3v) is 3.48. The van der Waals surface area contributed by atoms with Gasteiger partial charge in [0.25, 0.3) is 0 Å². The van der Waals surface area contributed by atoms with Crippen molar-refractivity contribution in [2.24, 2.45) is 0 Å². The molecule has 2 aromatic rings. The van der Waals surface area contributed by atoms with Crippen LogP contribution in [0, 0.1) is 0 Å². The molecule has 0 bridgehead atoms. The van der Waals surface area contributed by atoms with Crippen LogP contribution in [0.15, 0.2) is 42.6 Å². The van der Waals surface area contributed by atoms with Gasteiger partial charge in [-0.2, -0.15) is 0 Å². The molecule has 0 amide bonds. The highest BCUT2D eigenvalue weighted by Crippen LogP contribution is 2.16. The van der Waals surface area contributed by atoms with Gasteiger partial charge in [-0.15, -0.1) is 0 Å². The van der Waals surface area contributed by atoms with Crippen LogP contribution in [-0.4, -0.2) is 33.6 Å². The van der Waals surface area contributed by atoms with E-state index >= 15 is 0 Å². The minimum absolute atomic E-state index is 0.412. The van der Waals surface area contributed by atoms with Crippen molar-refractivity contribution >= 4 is 0 Å². The lowest BCUT2D eigenvalue weighted by Crippen LogP contribution is -2.21. The van der Waals surface area contributed by atoms with Crippen LogP contribution in [0.4, 0.5) is 0 Å². The van der Waals surface area contributed by atoms with Gasteiger partial charge in [0.15, 0.2) is 0 Å². The first-order chi connectivity index (χ1) is 10.2. The van der Waals surface area contributed by atoms with Gasteiger partial charge in [-0.3, -0.25) is 0 Å². The Balaban J connectivity index is 1.83. The summed E-state index contributed by atoms with van der Waals surface area (Å²) in [6.07, 6.45) is 2.97. The Morgan fingerprint density at radius 1 is 1.19 bits per heavy atom. The normalized spacial score (nSPS) is 12.6. The van der Waals surface area contributed by atoms with Crippen LogP contribution in [0.5, 0.6) is 0 Å². The lowest BCUT2D eigenvalue weighted by atomic mass is 10.1. The van der Waals surface area contributed by atoms with Crippen molar-refractivity contribution in [3.8, 4) is 0 Å². The van der Waals surface area contributed by atoms with Crippen LogP contribution in [0.25, 0.3) is 0 Å². The highest BCUT2D eigenvalue weighted by Gasteiger charge is 2.09. The van der Waals surface area contributed by atoms with Gasteiger partial charge in [-0.25, -0.2) is 9.97 Å². The van der Waals surface area contributed by atoms with Gasteiger partial charge in [0.1, 0.15) is 5.82 Å². The minimum atomic E-state index is -0.412. The summed E-state index contributed by atoms with van der Waals surface area (Å²) in [6.45, 7) is 3.65. The van der Waals surface area contributed by atoms with Crippen molar-refractivity contribution in [2.75, 3.05) is 13.6 Å². The molecule has 1 N–H and O–H groups in total. The monoisotopic (exact) mass is 285 g/mol. The summed E-state index contributed by atoms with van der Waals surface area (Å²) in [5.74, 6) is 0.880. The van der Waals surface area contributed by atoms with Crippen molar-refractivity contribution in [1.82, 2.24) is 14.9 Å². The van der Waals surface area contributed by atoms with E-state index in [-0.39, 0.29) is 0 Å². The van der Waals surface area contributed by atoms with E-state index in [1.165, 1.54) is 0 Å². The summed E-state index contributed by atoms with van der Waals surface area (Å²) in [7, 11) is 2.05. The fourth-order valence-corrected chi connectivity index (χ4v) is 2.24. The molecule has 0 saturated carbocycles. The summed E-state index contributed by atoms with van der Waals surface area (Å²) in [5, 5.41) is 10.2. The maximum absolute atomic E-state index is 10.2. The molecule has 1 aromatic carbocycles. The summed E-state index contributed by atoms with van der Waals surface area (Å²) >= 11 is 0. The number of hydrogen-bond donors (Lipinski definition) is 1. The van der Waals surface area contributed by atoms with Crippen LogP contribution in [0.1, 0.15) is 36.5 Å². The number of nitrogens with zero attached hydrogens (tertiary/aromatic N) is 3. The Bertz CT molecular complexity index is 545. The molecular formula is C17H23N3O. The molecule has 4 heteroatoms. The number of aryl methyl sites for hydroxylation is 1. The van der Waals surface area contributed by atoms with Crippen molar-refractivity contribution < 1.29 is 5.11 Å². The van der Waals surface area contributed by atoms with Gasteiger partial charge >= 0.3 is 0 Å². The molecule has 1 atom stereocenters. The Kier molecular flexibility index (Phi) is 5.84. The maximum Gasteiger partial charge on any atom is 0.128 e. The van der Waals surface area contributed by atoms with Crippen LogP contribution in [-0.2, 0) is 13.0 Å². The summed E-state index contributed by atoms with van der Waals surface area (Å²) in [5.41, 5.74) is 2.00. The molecular weight excluding hydrogens is 262 g/mol. The second-order valence-electron chi connectivity index (χ2n) is 5.27. The fourth-order valence-electron chi connectivity index (χ4n) is 2.24. The Morgan fingerprint density at radius 2 is 1.95 bits per heavy atom. The first-order valence-corrected chi connectivity index (χ1v) is 7.41. The van der Waals surface area contributed by atoms with Crippen LogP contribution >= 0.6 is 0 Å². The minimum Gasteiger partial charge on any atom is -0.388 e. The van der Waals surface area contributed by atoms with Gasteiger partial charge in [0, 0.05) is 25.7 Å². The van der Waals surface area contributed by atoms with Crippen molar-refractivity contribution in [3.05, 3.63) is 59.7 Å². The Labute approximate surface area is 126 Å². The van der Waals surface area contributed by atoms with E-state index in [0.29, 0.717) is 6.42 Å². The van der Waals surface area contributed by atoms with E-state index in [1.807, 2.05) is 49.6 Å². The van der Waals surface area contributed by atoms with E-state index in [2.05, 4.69) is 21.8 Å². The van der Waals surface area contributed by atoms with Crippen LogP contribution in [0.2, 0.25) is 0 Å². The molecule has 0 aliphatic heterocycles. The number of rotatable bonds is 7. The van der Waals surface area contributed by atoms with Gasteiger partial charge < -0.3 is 10.0 Å². The zero-order valence-electron chi connectivity index (χ0n) is 12.7. The van der Waals surface area contributed by atoms with E-state index in [0.717, 1.165) is 36.6 Å². The number of aliphatic hydroxyl groups excluding tert-OH is 1. The fraction of sp³-hybridized carbons (Fsp3) is 0.412. The summed E-state index contributed by atoms with van der Waals surface area (Å²) in [6, 6.07) is 11.7. The molecule has 2 rings (SSSR count). The Hall–Kier alpha value is -1.78. The molecule has 0 radical (unpaired) electrons. The average molecular weight is 285 g/mol. The first kappa shape index (κ1) is 15.6. The van der Waals surface area contributed by atoms with E-state index in [1.54, 1.807) is 0 Å². The molecule has 0 unspecified atom stereocenters. The lowest BCUT2D eigenvalue weighted by molar-refractivity contribution is 0.147. The zero-order valence-corrected chi connectivity index (χ0v) is 12.7. The van der Waals surface area contributed by atoms with Gasteiger partial charge in [0.2, 0.25) is 0 Å². The van der Waals surface area contributed by atoms with Crippen molar-refractivity contribution in [2.45, 2.75) is 32.4 Å². The molecule has 0 aliphatic rings. The predicted molar refractivity (Wildman–Crippen MR) is 83.8 cm³/mol. The van der Waals surface area contributed by atoms with E-state index < -0.39 is 6.10 Å². The van der Waals surface area contributed by atoms with E-state index in [4.69, 9.17) is 0 Å². The molecule has 112 valence electrons. The number of hydrogen-bond acceptors (Lipinski definition) is 4. The van der Waals surface area contributed by atoms with Gasteiger partial charge in [-0.1, -0.05) is 37.3 Å². The second kappa shape index (κ2) is 7.86. The predicted octanol–water partition coefficient (Wildman–Crippen LogP) is 2.59. The van der Waals surface area contributed by atoms with Crippen LogP contribution < -0.4 is 0 Å². The number of aliphatic hydroxyl groups is 1. The van der Waals surface area contributed by atoms with Gasteiger partial charge in [-0.05, 0) is 25.1 Å². The standard InChI is InChI=1S/C17H23N3O/c1-3-17-18-11-9-15(19-17)13-20(2)12-10-16(21)14-7-5-4-6-8-14/h4-9,11,16,21H,3,10,12-13H2,1-2H3/t16-/m1/s1. The maximum atomic E-state index is 10.2. The topological polar surface area (TPSA) is 49.2 Å². The molecule has 0 aliphatic carbocycles. The Morgan fingerprint density at radius 3 is 2.67 bits per heavy atom. The first-order valence-electron chi connectivity index (χ1n) is 7.41. The number of aromatic nitrogens is 2. The largest absolute Gasteiger partial charge is 0.388 e. The van der Waals surface area contributed by atoms with Gasteiger partial charge in [0.05, 0.1) is 11.8 Å². The van der Waals surface area contributed by atoms with E-state index in [9.17, 15) is 5.11 Å².